The van der Waals surface area contributed by atoms with E-state index in [1.165, 1.54) is 0 Å². The fourth-order valence-electron chi connectivity index (χ4n) is 3.28. The molecular weight excluding hydrogens is 316 g/mol. The van der Waals surface area contributed by atoms with Crippen LogP contribution in [0.3, 0.4) is 0 Å². The second-order valence-corrected chi connectivity index (χ2v) is 6.13. The number of rotatable bonds is 6. The van der Waals surface area contributed by atoms with Gasteiger partial charge in [-0.05, 0) is 36.2 Å². The first-order valence-electron chi connectivity index (χ1n) is 8.39. The van der Waals surface area contributed by atoms with Gasteiger partial charge < -0.3 is 14.6 Å². The van der Waals surface area contributed by atoms with Gasteiger partial charge in [-0.3, -0.25) is 4.90 Å². The van der Waals surface area contributed by atoms with E-state index in [4.69, 9.17) is 14.7 Å². The number of benzene rings is 2. The van der Waals surface area contributed by atoms with Crippen molar-refractivity contribution in [3.63, 3.8) is 0 Å². The molecule has 0 bridgehead atoms. The largest absolute Gasteiger partial charge is 0.497 e. The Bertz CT molecular complexity index is 757. The van der Waals surface area contributed by atoms with Crippen LogP contribution in [0.5, 0.6) is 11.5 Å². The molecule has 5 heteroatoms. The smallest absolute Gasteiger partial charge is 0.137 e. The highest BCUT2D eigenvalue weighted by molar-refractivity contribution is 5.42. The molecule has 0 spiro atoms. The van der Waals surface area contributed by atoms with Crippen LogP contribution in [0.4, 0.5) is 0 Å². The number of hydrogen-bond acceptors (Lipinski definition) is 5. The predicted molar refractivity (Wildman–Crippen MR) is 94.6 cm³/mol. The van der Waals surface area contributed by atoms with Crippen LogP contribution < -0.4 is 9.47 Å². The Kier molecular flexibility index (Phi) is 5.54. The second-order valence-electron chi connectivity index (χ2n) is 6.13. The van der Waals surface area contributed by atoms with Gasteiger partial charge in [-0.1, -0.05) is 24.3 Å². The van der Waals surface area contributed by atoms with Crippen molar-refractivity contribution in [2.75, 3.05) is 26.8 Å². The van der Waals surface area contributed by atoms with E-state index in [1.807, 2.05) is 30.3 Å². The van der Waals surface area contributed by atoms with Crippen LogP contribution in [-0.2, 0) is 0 Å². The van der Waals surface area contributed by atoms with E-state index in [0.717, 1.165) is 11.3 Å². The van der Waals surface area contributed by atoms with Crippen molar-refractivity contribution in [1.29, 1.82) is 5.26 Å². The fraction of sp³-hybridized carbons (Fsp3) is 0.350. The Labute approximate surface area is 148 Å². The highest BCUT2D eigenvalue weighted by atomic mass is 16.5. The lowest BCUT2D eigenvalue weighted by Crippen LogP contribution is -2.29. The Balaban J connectivity index is 1.65. The topological polar surface area (TPSA) is 65.7 Å². The number of likely N-dealkylation sites (tertiary alicyclic amines) is 1. The lowest BCUT2D eigenvalue weighted by molar-refractivity contribution is 0.161. The van der Waals surface area contributed by atoms with Gasteiger partial charge in [0.1, 0.15) is 24.2 Å². The van der Waals surface area contributed by atoms with Gasteiger partial charge in [-0.15, -0.1) is 0 Å². The van der Waals surface area contributed by atoms with Gasteiger partial charge in [0.2, 0.25) is 0 Å². The first-order valence-corrected chi connectivity index (χ1v) is 8.39. The monoisotopic (exact) mass is 338 g/mol. The maximum atomic E-state index is 10.1. The van der Waals surface area contributed by atoms with E-state index >= 15 is 0 Å². The number of hydrogen-bond donors (Lipinski definition) is 1. The van der Waals surface area contributed by atoms with Crippen LogP contribution in [-0.4, -0.2) is 42.9 Å². The molecule has 2 aromatic rings. The van der Waals surface area contributed by atoms with Crippen molar-refractivity contribution in [3.05, 3.63) is 59.7 Å². The minimum atomic E-state index is -0.345. The van der Waals surface area contributed by atoms with Gasteiger partial charge in [0, 0.05) is 19.1 Å². The molecular formula is C20H22N2O3. The van der Waals surface area contributed by atoms with E-state index in [9.17, 15) is 5.11 Å². The van der Waals surface area contributed by atoms with Crippen molar-refractivity contribution in [2.45, 2.75) is 18.6 Å². The molecule has 1 fully saturated rings. The molecule has 1 heterocycles. The summed E-state index contributed by atoms with van der Waals surface area (Å²) in [5.74, 6) is 1.42. The molecule has 0 radical (unpaired) electrons. The highest BCUT2D eigenvalue weighted by Crippen LogP contribution is 2.33. The van der Waals surface area contributed by atoms with Crippen LogP contribution in [0.2, 0.25) is 0 Å². The molecule has 3 rings (SSSR count). The minimum absolute atomic E-state index is 0.139. The summed E-state index contributed by atoms with van der Waals surface area (Å²) in [6.07, 6.45) is 0.352. The molecule has 0 aromatic heterocycles. The Hall–Kier alpha value is -2.55. The summed E-state index contributed by atoms with van der Waals surface area (Å²) in [6, 6.07) is 17.5. The molecule has 1 aliphatic rings. The molecule has 5 nitrogen and oxygen atoms in total. The van der Waals surface area contributed by atoms with Crippen molar-refractivity contribution >= 4 is 0 Å². The third kappa shape index (κ3) is 4.11. The second kappa shape index (κ2) is 8.02. The maximum Gasteiger partial charge on any atom is 0.137 e. The quantitative estimate of drug-likeness (QED) is 0.877. The van der Waals surface area contributed by atoms with Crippen LogP contribution >= 0.6 is 0 Å². The van der Waals surface area contributed by atoms with Gasteiger partial charge in [0.15, 0.2) is 0 Å². The van der Waals surface area contributed by atoms with Crippen LogP contribution in [0.15, 0.2) is 48.5 Å². The summed E-state index contributed by atoms with van der Waals surface area (Å²) < 4.78 is 11.1. The van der Waals surface area contributed by atoms with Crippen molar-refractivity contribution in [3.8, 4) is 17.6 Å². The molecule has 0 aliphatic carbocycles. The zero-order valence-corrected chi connectivity index (χ0v) is 14.3. The number of aliphatic hydroxyl groups is 1. The van der Waals surface area contributed by atoms with Gasteiger partial charge in [-0.2, -0.15) is 5.26 Å². The minimum Gasteiger partial charge on any atom is -0.497 e. The molecule has 0 amide bonds. The average molecular weight is 338 g/mol. The molecule has 2 unspecified atom stereocenters. The maximum absolute atomic E-state index is 10.1. The van der Waals surface area contributed by atoms with Crippen molar-refractivity contribution < 1.29 is 14.6 Å². The third-order valence-electron chi connectivity index (χ3n) is 4.50. The van der Waals surface area contributed by atoms with Crippen LogP contribution in [0.25, 0.3) is 0 Å². The number of ether oxygens (including phenoxy) is 2. The highest BCUT2D eigenvalue weighted by Gasteiger charge is 2.31. The van der Waals surface area contributed by atoms with E-state index in [1.54, 1.807) is 19.2 Å². The zero-order valence-electron chi connectivity index (χ0n) is 14.3. The number of para-hydroxylation sites is 1. The summed E-state index contributed by atoms with van der Waals surface area (Å²) in [7, 11) is 1.65. The Morgan fingerprint density at radius 1 is 1.24 bits per heavy atom. The number of nitriles is 1. The average Bonchev–Trinajstić information content (AvgIpc) is 3.03. The molecule has 25 heavy (non-hydrogen) atoms. The van der Waals surface area contributed by atoms with E-state index in [2.05, 4.69) is 17.0 Å². The van der Waals surface area contributed by atoms with Gasteiger partial charge >= 0.3 is 0 Å². The normalized spacial score (nSPS) is 20.2. The van der Waals surface area contributed by atoms with Crippen molar-refractivity contribution in [1.82, 2.24) is 4.90 Å². The number of aliphatic hydroxyl groups excluding tert-OH is 1. The van der Waals surface area contributed by atoms with E-state index in [-0.39, 0.29) is 12.1 Å². The predicted octanol–water partition coefficient (Wildman–Crippen LogP) is 2.75. The van der Waals surface area contributed by atoms with E-state index < -0.39 is 0 Å². The van der Waals surface area contributed by atoms with Gasteiger partial charge in [0.05, 0.1) is 18.8 Å². The molecule has 0 saturated carbocycles. The SMILES string of the molecule is COc1cccc(C2CC(O)CN2CCOc2ccccc2C#N)c1. The van der Waals surface area contributed by atoms with E-state index in [0.29, 0.717) is 37.4 Å². The summed E-state index contributed by atoms with van der Waals surface area (Å²) >= 11 is 0. The lowest BCUT2D eigenvalue weighted by Gasteiger charge is -2.24. The van der Waals surface area contributed by atoms with Crippen LogP contribution in [0, 0.1) is 11.3 Å². The number of methoxy groups -OCH3 is 1. The lowest BCUT2D eigenvalue weighted by atomic mass is 10.0. The first kappa shape index (κ1) is 17.3. The molecule has 2 aromatic carbocycles. The number of β-amino-alcohol motifs (C(OH)–C–C–N with tert-alkyl or cyclic N) is 1. The number of nitrogens with zero attached hydrogens (tertiary/aromatic N) is 2. The fourth-order valence-corrected chi connectivity index (χ4v) is 3.28. The Morgan fingerprint density at radius 2 is 2.08 bits per heavy atom. The summed E-state index contributed by atoms with van der Waals surface area (Å²) in [6.45, 7) is 1.76. The Morgan fingerprint density at radius 3 is 2.88 bits per heavy atom. The summed E-state index contributed by atoms with van der Waals surface area (Å²) in [5, 5.41) is 19.2. The zero-order chi connectivity index (χ0) is 17.6. The molecule has 1 N–H and O–H groups in total. The molecule has 1 aliphatic heterocycles. The molecule has 1 saturated heterocycles. The third-order valence-corrected chi connectivity index (χ3v) is 4.50. The summed E-state index contributed by atoms with van der Waals surface area (Å²) in [5.41, 5.74) is 1.67. The summed E-state index contributed by atoms with van der Waals surface area (Å²) in [4.78, 5) is 2.22. The molecule has 2 atom stereocenters. The van der Waals surface area contributed by atoms with Gasteiger partial charge in [0.25, 0.3) is 0 Å². The first-order chi connectivity index (χ1) is 12.2. The molecule has 130 valence electrons. The standard InChI is InChI=1S/C20H22N2O3/c1-24-18-7-4-6-15(11-18)19-12-17(23)14-22(19)9-10-25-20-8-3-2-5-16(20)13-21/h2-8,11,17,19,23H,9-10,12,14H2,1H3. The van der Waals surface area contributed by atoms with Crippen molar-refractivity contribution in [2.24, 2.45) is 0 Å². The van der Waals surface area contributed by atoms with Gasteiger partial charge in [-0.25, -0.2) is 0 Å². The van der Waals surface area contributed by atoms with Crippen LogP contribution in [0.1, 0.15) is 23.6 Å².